The minimum absolute atomic E-state index is 0.0131. The zero-order chi connectivity index (χ0) is 14.8. The van der Waals surface area contributed by atoms with Crippen LogP contribution in [-0.4, -0.2) is 34.3 Å². The monoisotopic (exact) mass is 280 g/mol. The van der Waals surface area contributed by atoms with Crippen LogP contribution in [0.5, 0.6) is 0 Å². The number of hydrogen-bond donors (Lipinski definition) is 1. The Bertz CT molecular complexity index is 371. The van der Waals surface area contributed by atoms with Gasteiger partial charge < -0.3 is 10.2 Å². The van der Waals surface area contributed by atoms with Crippen LogP contribution in [0.15, 0.2) is 0 Å². The Morgan fingerprint density at radius 2 is 1.65 bits per heavy atom. The average molecular weight is 280 g/mol. The summed E-state index contributed by atoms with van der Waals surface area (Å²) in [5.74, 6) is 0.105. The second-order valence-corrected chi connectivity index (χ2v) is 6.75. The third-order valence-corrected chi connectivity index (χ3v) is 4.70. The van der Waals surface area contributed by atoms with Crippen molar-refractivity contribution in [3.8, 4) is 0 Å². The van der Waals surface area contributed by atoms with Gasteiger partial charge in [-0.15, -0.1) is 0 Å². The molecule has 1 aliphatic carbocycles. The number of piperazine rings is 1. The summed E-state index contributed by atoms with van der Waals surface area (Å²) in [6.45, 7) is 5.62. The van der Waals surface area contributed by atoms with Crippen molar-refractivity contribution in [2.45, 2.75) is 89.8 Å². The van der Waals surface area contributed by atoms with E-state index in [1.807, 2.05) is 25.7 Å². The molecule has 2 rings (SSSR count). The van der Waals surface area contributed by atoms with E-state index in [4.69, 9.17) is 0 Å². The number of rotatable bonds is 2. The van der Waals surface area contributed by atoms with Gasteiger partial charge in [-0.2, -0.15) is 0 Å². The predicted octanol–water partition coefficient (Wildman–Crippen LogP) is 2.61. The van der Waals surface area contributed by atoms with Crippen molar-refractivity contribution in [1.82, 2.24) is 10.2 Å². The molecule has 1 aliphatic heterocycles. The fourth-order valence-corrected chi connectivity index (χ4v) is 3.55. The maximum atomic E-state index is 12.8. The summed E-state index contributed by atoms with van der Waals surface area (Å²) < 4.78 is 0. The van der Waals surface area contributed by atoms with Gasteiger partial charge in [0.05, 0.1) is 0 Å². The molecule has 2 fully saturated rings. The second-order valence-electron chi connectivity index (χ2n) is 6.75. The summed E-state index contributed by atoms with van der Waals surface area (Å²) in [4.78, 5) is 27.0. The van der Waals surface area contributed by atoms with Gasteiger partial charge in [0.1, 0.15) is 11.6 Å². The zero-order valence-electron chi connectivity index (χ0n) is 13.1. The minimum Gasteiger partial charge on any atom is -0.340 e. The van der Waals surface area contributed by atoms with Gasteiger partial charge in [0.25, 0.3) is 0 Å². The van der Waals surface area contributed by atoms with Crippen LogP contribution in [0.25, 0.3) is 0 Å². The molecule has 2 aliphatic rings. The molecular weight excluding hydrogens is 252 g/mol. The Morgan fingerprint density at radius 3 is 2.20 bits per heavy atom. The van der Waals surface area contributed by atoms with Crippen LogP contribution in [0.4, 0.5) is 0 Å². The Kier molecular flexibility index (Phi) is 4.71. The number of nitrogens with one attached hydrogen (secondary N) is 1. The molecule has 1 heterocycles. The van der Waals surface area contributed by atoms with E-state index in [1.165, 1.54) is 32.1 Å². The normalized spacial score (nSPS) is 28.8. The lowest BCUT2D eigenvalue weighted by molar-refractivity contribution is -0.157. The molecule has 1 saturated heterocycles. The first-order chi connectivity index (χ1) is 9.47. The summed E-state index contributed by atoms with van der Waals surface area (Å²) in [5.41, 5.74) is -0.759. The molecule has 0 spiro atoms. The highest BCUT2D eigenvalue weighted by Gasteiger charge is 2.46. The third-order valence-electron chi connectivity index (χ3n) is 4.70. The zero-order valence-corrected chi connectivity index (χ0v) is 13.1. The van der Waals surface area contributed by atoms with Gasteiger partial charge in [-0.05, 0) is 33.1 Å². The molecule has 0 aromatic heterocycles. The van der Waals surface area contributed by atoms with Crippen molar-refractivity contribution in [3.05, 3.63) is 0 Å². The van der Waals surface area contributed by atoms with Crippen molar-refractivity contribution in [2.75, 3.05) is 0 Å². The van der Waals surface area contributed by atoms with Crippen LogP contribution < -0.4 is 5.32 Å². The molecule has 1 N–H and O–H groups in total. The minimum atomic E-state index is -0.759. The highest BCUT2D eigenvalue weighted by atomic mass is 16.2. The summed E-state index contributed by atoms with van der Waals surface area (Å²) in [5, 5.41) is 2.87. The van der Waals surface area contributed by atoms with E-state index in [-0.39, 0.29) is 23.9 Å². The quantitative estimate of drug-likeness (QED) is 0.845. The Hall–Kier alpha value is -1.06. The molecule has 1 unspecified atom stereocenters. The predicted molar refractivity (Wildman–Crippen MR) is 79.3 cm³/mol. The molecule has 0 bridgehead atoms. The maximum absolute atomic E-state index is 12.8. The summed E-state index contributed by atoms with van der Waals surface area (Å²) in [6.07, 6.45) is 8.96. The molecule has 0 aromatic rings. The average Bonchev–Trinajstić information content (AvgIpc) is 2.33. The van der Waals surface area contributed by atoms with Gasteiger partial charge in [0, 0.05) is 6.04 Å². The highest BCUT2D eigenvalue weighted by Crippen LogP contribution is 2.29. The van der Waals surface area contributed by atoms with Crippen molar-refractivity contribution in [3.63, 3.8) is 0 Å². The lowest BCUT2D eigenvalue weighted by Crippen LogP contribution is -2.69. The fraction of sp³-hybridized carbons (Fsp3) is 0.875. The number of carbonyl (C=O) groups is 2. The van der Waals surface area contributed by atoms with E-state index < -0.39 is 5.54 Å². The number of amides is 2. The SMILES string of the molecule is CCC1C(=O)NC(C)(C)C(=O)N1C1CCCCCCC1. The van der Waals surface area contributed by atoms with Gasteiger partial charge in [-0.1, -0.05) is 39.0 Å². The van der Waals surface area contributed by atoms with Crippen LogP contribution in [-0.2, 0) is 9.59 Å². The Balaban J connectivity index is 2.22. The smallest absolute Gasteiger partial charge is 0.248 e. The van der Waals surface area contributed by atoms with Crippen molar-refractivity contribution in [1.29, 1.82) is 0 Å². The summed E-state index contributed by atoms with van der Waals surface area (Å²) in [7, 11) is 0. The van der Waals surface area contributed by atoms with Gasteiger partial charge in [0.2, 0.25) is 11.8 Å². The first-order valence-corrected chi connectivity index (χ1v) is 8.12. The van der Waals surface area contributed by atoms with Crippen LogP contribution in [0.2, 0.25) is 0 Å². The molecule has 2 amide bonds. The first kappa shape index (κ1) is 15.3. The first-order valence-electron chi connectivity index (χ1n) is 8.12. The second kappa shape index (κ2) is 6.15. The standard InChI is InChI=1S/C16H28N2O2/c1-4-13-14(19)17-16(2,3)15(20)18(13)12-10-8-6-5-7-9-11-12/h12-13H,4-11H2,1-3H3,(H,17,19). The van der Waals surface area contributed by atoms with Crippen molar-refractivity contribution >= 4 is 11.8 Å². The van der Waals surface area contributed by atoms with Gasteiger partial charge in [-0.3, -0.25) is 9.59 Å². The fourth-order valence-electron chi connectivity index (χ4n) is 3.55. The molecular formula is C16H28N2O2. The topological polar surface area (TPSA) is 49.4 Å². The number of hydrogen-bond acceptors (Lipinski definition) is 2. The molecule has 0 aromatic carbocycles. The van der Waals surface area contributed by atoms with Gasteiger partial charge in [-0.25, -0.2) is 0 Å². The molecule has 0 radical (unpaired) electrons. The molecule has 114 valence electrons. The van der Waals surface area contributed by atoms with E-state index in [0.29, 0.717) is 6.42 Å². The number of nitrogens with zero attached hydrogens (tertiary/aromatic N) is 1. The Morgan fingerprint density at radius 1 is 1.10 bits per heavy atom. The molecule has 1 atom stereocenters. The van der Waals surface area contributed by atoms with E-state index in [2.05, 4.69) is 5.32 Å². The summed E-state index contributed by atoms with van der Waals surface area (Å²) in [6, 6.07) is -0.0296. The molecule has 4 nitrogen and oxygen atoms in total. The largest absolute Gasteiger partial charge is 0.340 e. The lowest BCUT2D eigenvalue weighted by Gasteiger charge is -2.46. The summed E-state index contributed by atoms with van der Waals surface area (Å²) >= 11 is 0. The Labute approximate surface area is 122 Å². The number of carbonyl (C=O) groups excluding carboxylic acids is 2. The van der Waals surface area contributed by atoms with E-state index in [9.17, 15) is 9.59 Å². The highest BCUT2D eigenvalue weighted by molar-refractivity contribution is 5.99. The van der Waals surface area contributed by atoms with E-state index >= 15 is 0 Å². The van der Waals surface area contributed by atoms with Crippen LogP contribution in [0, 0.1) is 0 Å². The van der Waals surface area contributed by atoms with Crippen molar-refractivity contribution in [2.24, 2.45) is 0 Å². The van der Waals surface area contributed by atoms with Crippen LogP contribution >= 0.6 is 0 Å². The van der Waals surface area contributed by atoms with Gasteiger partial charge in [0.15, 0.2) is 0 Å². The molecule has 1 saturated carbocycles. The maximum Gasteiger partial charge on any atom is 0.248 e. The molecule has 4 heteroatoms. The molecule has 20 heavy (non-hydrogen) atoms. The third kappa shape index (κ3) is 2.99. The van der Waals surface area contributed by atoms with E-state index in [1.54, 1.807) is 0 Å². The van der Waals surface area contributed by atoms with Gasteiger partial charge >= 0.3 is 0 Å². The van der Waals surface area contributed by atoms with Crippen molar-refractivity contribution < 1.29 is 9.59 Å². The van der Waals surface area contributed by atoms with E-state index in [0.717, 1.165) is 12.8 Å². The van der Waals surface area contributed by atoms with Crippen LogP contribution in [0.3, 0.4) is 0 Å². The lowest BCUT2D eigenvalue weighted by atomic mass is 9.89. The van der Waals surface area contributed by atoms with Crippen LogP contribution in [0.1, 0.15) is 72.1 Å².